The molecular weight excluding hydrogens is 276 g/mol. The number of amides is 1. The summed E-state index contributed by atoms with van der Waals surface area (Å²) >= 11 is 0. The molecule has 0 aliphatic rings. The molecule has 0 saturated heterocycles. The van der Waals surface area contributed by atoms with E-state index >= 15 is 0 Å². The Hall–Kier alpha value is -2.33. The third-order valence-corrected chi connectivity index (χ3v) is 3.30. The van der Waals surface area contributed by atoms with E-state index in [1.807, 2.05) is 55.5 Å². The van der Waals surface area contributed by atoms with Crippen LogP contribution in [0, 0.1) is 6.92 Å². The maximum atomic E-state index is 11.8. The predicted octanol–water partition coefficient (Wildman–Crippen LogP) is 2.54. The summed E-state index contributed by atoms with van der Waals surface area (Å²) < 4.78 is 5.57. The van der Waals surface area contributed by atoms with E-state index in [-0.39, 0.29) is 5.91 Å². The predicted molar refractivity (Wildman–Crippen MR) is 87.5 cm³/mol. The summed E-state index contributed by atoms with van der Waals surface area (Å²) in [7, 11) is 0. The van der Waals surface area contributed by atoms with E-state index in [0.717, 1.165) is 22.4 Å². The molecule has 0 aliphatic heterocycles. The first-order valence-corrected chi connectivity index (χ1v) is 7.41. The van der Waals surface area contributed by atoms with Crippen molar-refractivity contribution < 1.29 is 9.53 Å². The number of nitrogens with two attached hydrogens (primary N) is 1. The Morgan fingerprint density at radius 2 is 1.91 bits per heavy atom. The summed E-state index contributed by atoms with van der Waals surface area (Å²) in [6.07, 6.45) is 0.338. The zero-order chi connectivity index (χ0) is 15.8. The summed E-state index contributed by atoms with van der Waals surface area (Å²) in [5.74, 6) is 0.772. The van der Waals surface area contributed by atoms with Gasteiger partial charge in [-0.05, 0) is 35.7 Å². The molecule has 0 aromatic heterocycles. The molecule has 116 valence electrons. The Morgan fingerprint density at radius 3 is 2.68 bits per heavy atom. The highest BCUT2D eigenvalue weighted by atomic mass is 16.5. The van der Waals surface area contributed by atoms with Crippen molar-refractivity contribution in [3.63, 3.8) is 0 Å². The van der Waals surface area contributed by atoms with Gasteiger partial charge >= 0.3 is 0 Å². The van der Waals surface area contributed by atoms with Gasteiger partial charge in [0.2, 0.25) is 5.91 Å². The first-order chi connectivity index (χ1) is 10.7. The SMILES string of the molecule is Cc1cccc(OCCC(=O)NCc2cccc(CN)c2)c1. The zero-order valence-electron chi connectivity index (χ0n) is 12.8. The van der Waals surface area contributed by atoms with Gasteiger partial charge in [0.05, 0.1) is 13.0 Å². The molecule has 0 fully saturated rings. The van der Waals surface area contributed by atoms with Gasteiger partial charge in [0, 0.05) is 13.1 Å². The quantitative estimate of drug-likeness (QED) is 0.825. The van der Waals surface area contributed by atoms with Crippen molar-refractivity contribution in [3.8, 4) is 5.75 Å². The van der Waals surface area contributed by atoms with Crippen molar-refractivity contribution in [1.82, 2.24) is 5.32 Å². The molecule has 0 aliphatic carbocycles. The third-order valence-electron chi connectivity index (χ3n) is 3.30. The first-order valence-electron chi connectivity index (χ1n) is 7.41. The minimum Gasteiger partial charge on any atom is -0.493 e. The molecule has 22 heavy (non-hydrogen) atoms. The van der Waals surface area contributed by atoms with Crippen LogP contribution in [0.2, 0.25) is 0 Å². The monoisotopic (exact) mass is 298 g/mol. The molecule has 0 saturated carbocycles. The van der Waals surface area contributed by atoms with Crippen LogP contribution >= 0.6 is 0 Å². The van der Waals surface area contributed by atoms with Gasteiger partial charge in [0.1, 0.15) is 5.75 Å². The van der Waals surface area contributed by atoms with Gasteiger partial charge in [-0.3, -0.25) is 4.79 Å². The number of carbonyl (C=O) groups excluding carboxylic acids is 1. The maximum Gasteiger partial charge on any atom is 0.223 e. The highest BCUT2D eigenvalue weighted by Gasteiger charge is 2.03. The van der Waals surface area contributed by atoms with E-state index in [9.17, 15) is 4.79 Å². The van der Waals surface area contributed by atoms with Crippen LogP contribution in [0.4, 0.5) is 0 Å². The molecule has 2 aromatic rings. The molecule has 2 aromatic carbocycles. The summed E-state index contributed by atoms with van der Waals surface area (Å²) in [5, 5.41) is 2.89. The Bertz CT molecular complexity index is 626. The van der Waals surface area contributed by atoms with Crippen molar-refractivity contribution in [2.45, 2.75) is 26.4 Å². The van der Waals surface area contributed by atoms with Crippen LogP contribution in [0.15, 0.2) is 48.5 Å². The van der Waals surface area contributed by atoms with Gasteiger partial charge in [0.25, 0.3) is 0 Å². The van der Waals surface area contributed by atoms with Gasteiger partial charge in [-0.2, -0.15) is 0 Å². The smallest absolute Gasteiger partial charge is 0.223 e. The fourth-order valence-electron chi connectivity index (χ4n) is 2.12. The minimum atomic E-state index is -0.0224. The Balaban J connectivity index is 1.71. The van der Waals surface area contributed by atoms with Crippen LogP contribution in [-0.2, 0) is 17.9 Å². The average Bonchev–Trinajstić information content (AvgIpc) is 2.53. The van der Waals surface area contributed by atoms with Crippen LogP contribution in [0.3, 0.4) is 0 Å². The van der Waals surface area contributed by atoms with Gasteiger partial charge in [-0.1, -0.05) is 36.4 Å². The zero-order valence-corrected chi connectivity index (χ0v) is 12.8. The number of hydrogen-bond acceptors (Lipinski definition) is 3. The number of benzene rings is 2. The van der Waals surface area contributed by atoms with Gasteiger partial charge in [0.15, 0.2) is 0 Å². The molecule has 2 rings (SSSR count). The summed E-state index contributed by atoms with van der Waals surface area (Å²) in [4.78, 5) is 11.8. The maximum absolute atomic E-state index is 11.8. The van der Waals surface area contributed by atoms with E-state index in [4.69, 9.17) is 10.5 Å². The second-order valence-corrected chi connectivity index (χ2v) is 5.22. The first kappa shape index (κ1) is 16.0. The van der Waals surface area contributed by atoms with Crippen LogP contribution < -0.4 is 15.8 Å². The van der Waals surface area contributed by atoms with Crippen molar-refractivity contribution in [2.75, 3.05) is 6.61 Å². The lowest BCUT2D eigenvalue weighted by Gasteiger charge is -2.08. The minimum absolute atomic E-state index is 0.0224. The molecule has 4 nitrogen and oxygen atoms in total. The third kappa shape index (κ3) is 5.22. The van der Waals surface area contributed by atoms with Crippen LogP contribution in [0.1, 0.15) is 23.1 Å². The van der Waals surface area contributed by atoms with E-state index < -0.39 is 0 Å². The van der Waals surface area contributed by atoms with E-state index in [0.29, 0.717) is 26.1 Å². The largest absolute Gasteiger partial charge is 0.493 e. The highest BCUT2D eigenvalue weighted by molar-refractivity contribution is 5.76. The van der Waals surface area contributed by atoms with Gasteiger partial charge in [-0.25, -0.2) is 0 Å². The fraction of sp³-hybridized carbons (Fsp3) is 0.278. The lowest BCUT2D eigenvalue weighted by Crippen LogP contribution is -2.24. The van der Waals surface area contributed by atoms with Crippen LogP contribution in [0.25, 0.3) is 0 Å². The average molecular weight is 298 g/mol. The van der Waals surface area contributed by atoms with E-state index in [1.54, 1.807) is 0 Å². The number of hydrogen-bond donors (Lipinski definition) is 2. The number of ether oxygens (including phenoxy) is 1. The Labute approximate surface area is 131 Å². The van der Waals surface area contributed by atoms with Gasteiger partial charge in [-0.15, -0.1) is 0 Å². The number of rotatable bonds is 7. The van der Waals surface area contributed by atoms with Gasteiger partial charge < -0.3 is 15.8 Å². The summed E-state index contributed by atoms with van der Waals surface area (Å²) in [6, 6.07) is 15.7. The molecule has 0 bridgehead atoms. The standard InChI is InChI=1S/C18H22N2O2/c1-14-4-2-7-17(10-14)22-9-8-18(21)20-13-16-6-3-5-15(11-16)12-19/h2-7,10-11H,8-9,12-13,19H2,1H3,(H,20,21). The van der Waals surface area contributed by atoms with Crippen molar-refractivity contribution in [1.29, 1.82) is 0 Å². The summed E-state index contributed by atoms with van der Waals surface area (Å²) in [5.41, 5.74) is 8.86. The topological polar surface area (TPSA) is 64.3 Å². The molecule has 3 N–H and O–H groups in total. The van der Waals surface area contributed by atoms with Crippen LogP contribution in [0.5, 0.6) is 5.75 Å². The normalized spacial score (nSPS) is 10.3. The molecule has 0 heterocycles. The molecule has 0 unspecified atom stereocenters. The highest BCUT2D eigenvalue weighted by Crippen LogP contribution is 2.12. The second kappa shape index (κ2) is 8.20. The Morgan fingerprint density at radius 1 is 1.14 bits per heavy atom. The Kier molecular flexibility index (Phi) is 5.98. The van der Waals surface area contributed by atoms with Crippen LogP contribution in [-0.4, -0.2) is 12.5 Å². The molecule has 0 atom stereocenters. The second-order valence-electron chi connectivity index (χ2n) is 5.22. The van der Waals surface area contributed by atoms with E-state index in [2.05, 4.69) is 5.32 Å². The lowest BCUT2D eigenvalue weighted by molar-refractivity contribution is -0.121. The van der Waals surface area contributed by atoms with E-state index in [1.165, 1.54) is 0 Å². The molecule has 0 radical (unpaired) electrons. The molecule has 0 spiro atoms. The number of nitrogens with one attached hydrogen (secondary N) is 1. The van der Waals surface area contributed by atoms with Crippen molar-refractivity contribution in [3.05, 3.63) is 65.2 Å². The lowest BCUT2D eigenvalue weighted by atomic mass is 10.1. The number of carbonyl (C=O) groups is 1. The van der Waals surface area contributed by atoms with Crippen molar-refractivity contribution in [2.24, 2.45) is 5.73 Å². The molecular formula is C18H22N2O2. The molecule has 1 amide bonds. The molecule has 4 heteroatoms. The summed E-state index contributed by atoms with van der Waals surface area (Å²) in [6.45, 7) is 3.40. The van der Waals surface area contributed by atoms with Crippen molar-refractivity contribution >= 4 is 5.91 Å². The fourth-order valence-corrected chi connectivity index (χ4v) is 2.12. The number of aryl methyl sites for hydroxylation is 1.